The zero-order valence-electron chi connectivity index (χ0n) is 13.3. The second kappa shape index (κ2) is 6.19. The van der Waals surface area contributed by atoms with Crippen molar-refractivity contribution < 1.29 is 18.5 Å². The number of aryl methyl sites for hydroxylation is 2. The Morgan fingerprint density at radius 1 is 1.28 bits per heavy atom. The number of nitrogens with one attached hydrogen (secondary N) is 1. The minimum absolute atomic E-state index is 0.187. The number of hydrogen-bond acceptors (Lipinski definition) is 5. The van der Waals surface area contributed by atoms with Crippen LogP contribution in [-0.2, 0) is 0 Å². The first kappa shape index (κ1) is 16.4. The molecule has 1 N–H and O–H groups in total. The van der Waals surface area contributed by atoms with Crippen LogP contribution in [0.1, 0.15) is 21.9 Å². The van der Waals surface area contributed by atoms with E-state index in [0.717, 1.165) is 23.5 Å². The highest BCUT2D eigenvalue weighted by atomic mass is 19.1. The number of benzene rings is 1. The van der Waals surface area contributed by atoms with Gasteiger partial charge in [-0.1, -0.05) is 0 Å². The van der Waals surface area contributed by atoms with E-state index in [2.05, 4.69) is 10.4 Å². The van der Waals surface area contributed by atoms with Gasteiger partial charge in [0.05, 0.1) is 11.8 Å². The summed E-state index contributed by atoms with van der Waals surface area (Å²) in [6, 6.07) is 8.19. The number of amides is 1. The van der Waals surface area contributed by atoms with E-state index in [4.69, 9.17) is 4.42 Å². The molecule has 0 saturated heterocycles. The minimum Gasteiger partial charge on any atom is -0.395 e. The molecule has 0 aliphatic heterocycles. The first-order valence-electron chi connectivity index (χ1n) is 7.24. The monoisotopic (exact) mass is 344 g/mol. The van der Waals surface area contributed by atoms with Gasteiger partial charge in [0, 0.05) is 11.4 Å². The molecular weight excluding hydrogens is 331 g/mol. The van der Waals surface area contributed by atoms with Crippen molar-refractivity contribution in [3.63, 3.8) is 0 Å². The van der Waals surface area contributed by atoms with E-state index in [0.29, 0.717) is 0 Å². The smallest absolute Gasteiger partial charge is 0.395 e. The summed E-state index contributed by atoms with van der Waals surface area (Å²) in [6.45, 7) is 3.61. The van der Waals surface area contributed by atoms with Crippen molar-refractivity contribution in [3.05, 3.63) is 69.5 Å². The van der Waals surface area contributed by atoms with Crippen molar-refractivity contribution in [2.75, 3.05) is 5.32 Å². The highest BCUT2D eigenvalue weighted by Crippen LogP contribution is 2.21. The van der Waals surface area contributed by atoms with Crippen LogP contribution in [0.25, 0.3) is 5.69 Å². The van der Waals surface area contributed by atoms with E-state index >= 15 is 0 Å². The average Bonchev–Trinajstić information content (AvgIpc) is 3.14. The van der Waals surface area contributed by atoms with Gasteiger partial charge < -0.3 is 9.73 Å². The summed E-state index contributed by atoms with van der Waals surface area (Å²) in [6.07, 6.45) is 0. The number of rotatable bonds is 4. The third-order valence-electron chi connectivity index (χ3n) is 3.44. The molecule has 1 amide bonds. The van der Waals surface area contributed by atoms with Crippen molar-refractivity contribution in [3.8, 4) is 5.69 Å². The largest absolute Gasteiger partial charge is 0.433 e. The number of anilines is 1. The summed E-state index contributed by atoms with van der Waals surface area (Å²) in [5, 5.41) is 17.2. The highest BCUT2D eigenvalue weighted by Gasteiger charge is 2.18. The Labute approximate surface area is 141 Å². The molecule has 2 aromatic heterocycles. The third kappa shape index (κ3) is 3.25. The van der Waals surface area contributed by atoms with Crippen LogP contribution in [0.4, 0.5) is 16.0 Å². The Balaban J connectivity index is 1.82. The molecule has 0 bridgehead atoms. The summed E-state index contributed by atoms with van der Waals surface area (Å²) >= 11 is 0. The van der Waals surface area contributed by atoms with Gasteiger partial charge >= 0.3 is 5.88 Å². The number of nitro groups is 1. The normalized spacial score (nSPS) is 10.7. The van der Waals surface area contributed by atoms with Crippen LogP contribution in [0, 0.1) is 29.8 Å². The fourth-order valence-electron chi connectivity index (χ4n) is 2.37. The van der Waals surface area contributed by atoms with Crippen LogP contribution in [0.15, 0.2) is 40.8 Å². The quantitative estimate of drug-likeness (QED) is 0.577. The molecule has 0 atom stereocenters. The van der Waals surface area contributed by atoms with Gasteiger partial charge in [0.15, 0.2) is 11.6 Å². The summed E-state index contributed by atoms with van der Waals surface area (Å²) in [4.78, 5) is 21.8. The van der Waals surface area contributed by atoms with Gasteiger partial charge in [-0.3, -0.25) is 14.9 Å². The third-order valence-corrected chi connectivity index (χ3v) is 3.44. The zero-order valence-corrected chi connectivity index (χ0v) is 13.3. The van der Waals surface area contributed by atoms with E-state index in [9.17, 15) is 19.3 Å². The summed E-state index contributed by atoms with van der Waals surface area (Å²) < 4.78 is 20.6. The van der Waals surface area contributed by atoms with Crippen molar-refractivity contribution in [2.45, 2.75) is 13.8 Å². The molecule has 3 aromatic rings. The molecular formula is C16H13FN4O4. The molecule has 3 rings (SSSR count). The van der Waals surface area contributed by atoms with Gasteiger partial charge in [0.2, 0.25) is 0 Å². The van der Waals surface area contributed by atoms with Crippen LogP contribution in [-0.4, -0.2) is 20.6 Å². The van der Waals surface area contributed by atoms with Gasteiger partial charge in [0.1, 0.15) is 10.6 Å². The lowest BCUT2D eigenvalue weighted by atomic mass is 10.2. The number of furan rings is 1. The van der Waals surface area contributed by atoms with Gasteiger partial charge in [-0.15, -0.1) is 0 Å². The Bertz CT molecular complexity index is 976. The molecule has 9 heteroatoms. The fraction of sp³-hybridized carbons (Fsp3) is 0.125. The predicted molar refractivity (Wildman–Crippen MR) is 86.3 cm³/mol. The lowest BCUT2D eigenvalue weighted by Crippen LogP contribution is -2.11. The molecule has 0 unspecified atom stereocenters. The Hall–Kier alpha value is -3.49. The predicted octanol–water partition coefficient (Wildman–Crippen LogP) is 3.38. The maximum Gasteiger partial charge on any atom is 0.433 e. The van der Waals surface area contributed by atoms with Gasteiger partial charge in [0.25, 0.3) is 5.91 Å². The van der Waals surface area contributed by atoms with Crippen LogP contribution < -0.4 is 5.32 Å². The van der Waals surface area contributed by atoms with Crippen LogP contribution >= 0.6 is 0 Å². The molecule has 2 heterocycles. The molecule has 0 aliphatic carbocycles. The van der Waals surface area contributed by atoms with Crippen molar-refractivity contribution in [1.82, 2.24) is 9.78 Å². The number of carbonyl (C=O) groups excluding carboxylic acids is 1. The molecule has 0 radical (unpaired) electrons. The lowest BCUT2D eigenvalue weighted by Gasteiger charge is -2.08. The van der Waals surface area contributed by atoms with E-state index in [-0.39, 0.29) is 17.1 Å². The van der Waals surface area contributed by atoms with E-state index in [1.807, 2.05) is 6.07 Å². The molecule has 8 nitrogen and oxygen atoms in total. The SMILES string of the molecule is Cc1cc(C)n(-c2ccc(NC(=O)c3ccc([N+](=O)[O-])o3)cc2F)n1. The first-order valence-corrected chi connectivity index (χ1v) is 7.24. The number of nitrogens with zero attached hydrogens (tertiary/aromatic N) is 3. The standard InChI is InChI=1S/C16H13FN4O4/c1-9-7-10(2)20(19-9)13-4-3-11(8-12(13)17)18-16(22)14-5-6-15(25-14)21(23)24/h3-8H,1-2H3,(H,18,22). The van der Waals surface area contributed by atoms with E-state index in [1.54, 1.807) is 13.8 Å². The molecule has 25 heavy (non-hydrogen) atoms. The summed E-state index contributed by atoms with van der Waals surface area (Å²) in [7, 11) is 0. The molecule has 0 aliphatic rings. The fourth-order valence-corrected chi connectivity index (χ4v) is 2.37. The number of hydrogen-bond donors (Lipinski definition) is 1. The molecule has 0 saturated carbocycles. The molecule has 0 fully saturated rings. The maximum absolute atomic E-state index is 14.4. The minimum atomic E-state index is -0.750. The summed E-state index contributed by atoms with van der Waals surface area (Å²) in [5.74, 6) is -2.08. The van der Waals surface area contributed by atoms with Crippen molar-refractivity contribution in [1.29, 1.82) is 0 Å². The van der Waals surface area contributed by atoms with Crippen molar-refractivity contribution >= 4 is 17.5 Å². The molecule has 1 aromatic carbocycles. The molecule has 128 valence electrons. The Morgan fingerprint density at radius 3 is 2.60 bits per heavy atom. The van der Waals surface area contributed by atoms with Crippen LogP contribution in [0.3, 0.4) is 0 Å². The van der Waals surface area contributed by atoms with Gasteiger partial charge in [-0.05, 0) is 44.2 Å². The van der Waals surface area contributed by atoms with E-state index in [1.165, 1.54) is 22.9 Å². The first-order chi connectivity index (χ1) is 11.8. The Kier molecular flexibility index (Phi) is 4.05. The average molecular weight is 344 g/mol. The van der Waals surface area contributed by atoms with E-state index < -0.39 is 22.5 Å². The molecule has 0 spiro atoms. The van der Waals surface area contributed by atoms with Crippen molar-refractivity contribution in [2.24, 2.45) is 0 Å². The number of carbonyl (C=O) groups is 1. The topological polar surface area (TPSA) is 103 Å². The summed E-state index contributed by atoms with van der Waals surface area (Å²) in [5.41, 5.74) is 1.97. The second-order valence-electron chi connectivity index (χ2n) is 5.35. The lowest BCUT2D eigenvalue weighted by molar-refractivity contribution is -0.402. The van der Waals surface area contributed by atoms with Crippen LogP contribution in [0.2, 0.25) is 0 Å². The zero-order chi connectivity index (χ0) is 18.1. The number of halogens is 1. The second-order valence-corrected chi connectivity index (χ2v) is 5.35. The maximum atomic E-state index is 14.4. The highest BCUT2D eigenvalue weighted by molar-refractivity contribution is 6.02. The Morgan fingerprint density at radius 2 is 2.04 bits per heavy atom. The van der Waals surface area contributed by atoms with Crippen LogP contribution in [0.5, 0.6) is 0 Å². The van der Waals surface area contributed by atoms with Gasteiger partial charge in [-0.2, -0.15) is 5.10 Å². The van der Waals surface area contributed by atoms with Gasteiger partial charge in [-0.25, -0.2) is 9.07 Å². The number of aromatic nitrogens is 2.